The number of aromatic nitrogens is 2. The van der Waals surface area contributed by atoms with Crippen LogP contribution in [-0.2, 0) is 7.05 Å². The molecule has 0 aliphatic heterocycles. The lowest BCUT2D eigenvalue weighted by atomic mass is 9.75. The topological polar surface area (TPSA) is 67.2 Å². The molecule has 1 fully saturated rings. The average molecular weight is 331 g/mol. The van der Waals surface area contributed by atoms with Gasteiger partial charge in [-0.2, -0.15) is 5.10 Å². The summed E-state index contributed by atoms with van der Waals surface area (Å²) in [6.07, 6.45) is 6.85. The van der Waals surface area contributed by atoms with Gasteiger partial charge in [0.2, 0.25) is 0 Å². The van der Waals surface area contributed by atoms with Gasteiger partial charge in [-0.05, 0) is 37.1 Å². The quantitative estimate of drug-likeness (QED) is 0.826. The number of aryl methyl sites for hydroxylation is 1. The first-order chi connectivity index (χ1) is 11.1. The minimum absolute atomic E-state index is 0.0785. The second-order valence-electron chi connectivity index (χ2n) is 5.98. The van der Waals surface area contributed by atoms with Crippen LogP contribution < -0.4 is 5.32 Å². The highest BCUT2D eigenvalue weighted by Crippen LogP contribution is 2.38. The molecular weight excluding hydrogens is 310 g/mol. The molecule has 3 rings (SSSR count). The zero-order valence-electron chi connectivity index (χ0n) is 13.3. The van der Waals surface area contributed by atoms with Crippen LogP contribution in [0.3, 0.4) is 0 Å². The summed E-state index contributed by atoms with van der Waals surface area (Å²) >= 11 is 1.56. The molecule has 0 radical (unpaired) electrons. The minimum atomic E-state index is -0.255. The molecule has 1 atom stereocenters. The van der Waals surface area contributed by atoms with E-state index in [4.69, 9.17) is 0 Å². The second-order valence-corrected chi connectivity index (χ2v) is 6.83. The number of thioether (sulfide) groups is 1. The van der Waals surface area contributed by atoms with Crippen molar-refractivity contribution in [3.8, 4) is 0 Å². The number of nitrogens with one attached hydrogen (secondary N) is 1. The van der Waals surface area contributed by atoms with Crippen molar-refractivity contribution in [1.29, 1.82) is 0 Å². The van der Waals surface area contributed by atoms with Gasteiger partial charge in [0.25, 0.3) is 5.91 Å². The van der Waals surface area contributed by atoms with Gasteiger partial charge in [0, 0.05) is 23.7 Å². The Labute approximate surface area is 140 Å². The van der Waals surface area contributed by atoms with Crippen molar-refractivity contribution < 1.29 is 9.90 Å². The molecule has 2 aromatic rings. The summed E-state index contributed by atoms with van der Waals surface area (Å²) in [4.78, 5) is 13.7. The largest absolute Gasteiger partial charge is 0.393 e. The monoisotopic (exact) mass is 331 g/mol. The zero-order valence-corrected chi connectivity index (χ0v) is 14.1. The predicted octanol–water partition coefficient (Wildman–Crippen LogP) is 2.38. The highest BCUT2D eigenvalue weighted by atomic mass is 32.2. The lowest BCUT2D eigenvalue weighted by molar-refractivity contribution is 0.0235. The van der Waals surface area contributed by atoms with E-state index in [-0.39, 0.29) is 24.0 Å². The number of rotatable bonds is 5. The van der Waals surface area contributed by atoms with Crippen LogP contribution in [-0.4, -0.2) is 33.2 Å². The lowest BCUT2D eigenvalue weighted by Crippen LogP contribution is -2.41. The zero-order chi connectivity index (χ0) is 16.4. The van der Waals surface area contributed by atoms with Crippen molar-refractivity contribution in [3.05, 3.63) is 47.8 Å². The predicted molar refractivity (Wildman–Crippen MR) is 90.4 cm³/mol. The minimum Gasteiger partial charge on any atom is -0.393 e. The molecule has 1 aliphatic rings. The first kappa shape index (κ1) is 16.1. The normalized spacial score (nSPS) is 21.5. The summed E-state index contributed by atoms with van der Waals surface area (Å²) in [6, 6.07) is 7.49. The van der Waals surface area contributed by atoms with Crippen LogP contribution >= 0.6 is 11.8 Å². The molecule has 1 aromatic carbocycles. The maximum absolute atomic E-state index is 12.7. The van der Waals surface area contributed by atoms with E-state index in [0.29, 0.717) is 18.4 Å². The van der Waals surface area contributed by atoms with Gasteiger partial charge in [0.15, 0.2) is 0 Å². The molecule has 1 aliphatic carbocycles. The van der Waals surface area contributed by atoms with Crippen LogP contribution in [0.5, 0.6) is 0 Å². The van der Waals surface area contributed by atoms with Gasteiger partial charge in [-0.3, -0.25) is 9.48 Å². The molecule has 0 spiro atoms. The number of aliphatic hydroxyl groups excluding tert-OH is 1. The molecule has 23 heavy (non-hydrogen) atoms. The Bertz CT molecular complexity index is 695. The van der Waals surface area contributed by atoms with Crippen molar-refractivity contribution in [1.82, 2.24) is 15.1 Å². The third-order valence-corrected chi connectivity index (χ3v) is 5.14. The summed E-state index contributed by atoms with van der Waals surface area (Å²) in [7, 11) is 1.86. The van der Waals surface area contributed by atoms with Crippen LogP contribution in [0.4, 0.5) is 0 Å². The third-order valence-electron chi connectivity index (χ3n) is 4.34. The van der Waals surface area contributed by atoms with Crippen LogP contribution in [0.2, 0.25) is 0 Å². The standard InChI is InChI=1S/C17H21N3O2S/c1-20-10-12(9-18-20)16(11-7-13(21)8-11)19-17(22)14-5-3-4-6-15(14)23-2/h3-6,9-11,13,16,21H,7-8H2,1-2H3,(H,19,22). The summed E-state index contributed by atoms with van der Waals surface area (Å²) in [6.45, 7) is 0. The maximum atomic E-state index is 12.7. The van der Waals surface area contributed by atoms with Gasteiger partial charge < -0.3 is 10.4 Å². The molecule has 1 unspecified atom stereocenters. The van der Waals surface area contributed by atoms with Crippen molar-refractivity contribution in [2.45, 2.75) is 29.9 Å². The number of hydrogen-bond acceptors (Lipinski definition) is 4. The van der Waals surface area contributed by atoms with E-state index in [0.717, 1.165) is 10.5 Å². The molecule has 0 saturated heterocycles. The van der Waals surface area contributed by atoms with Crippen LogP contribution in [0.25, 0.3) is 0 Å². The molecule has 0 bridgehead atoms. The summed E-state index contributed by atoms with van der Waals surface area (Å²) in [5.41, 5.74) is 1.67. The molecule has 122 valence electrons. The van der Waals surface area contributed by atoms with Crippen LogP contribution in [0, 0.1) is 5.92 Å². The van der Waals surface area contributed by atoms with Gasteiger partial charge in [0.1, 0.15) is 0 Å². The Morgan fingerprint density at radius 1 is 1.43 bits per heavy atom. The highest BCUT2D eigenvalue weighted by Gasteiger charge is 2.36. The maximum Gasteiger partial charge on any atom is 0.252 e. The molecule has 2 N–H and O–H groups in total. The summed E-state index contributed by atoms with van der Waals surface area (Å²) < 4.78 is 1.74. The van der Waals surface area contributed by atoms with Gasteiger partial charge >= 0.3 is 0 Å². The Morgan fingerprint density at radius 2 is 2.17 bits per heavy atom. The Balaban J connectivity index is 1.82. The number of amides is 1. The van der Waals surface area contributed by atoms with E-state index < -0.39 is 0 Å². The smallest absolute Gasteiger partial charge is 0.252 e. The Kier molecular flexibility index (Phi) is 4.73. The lowest BCUT2D eigenvalue weighted by Gasteiger charge is -2.37. The number of benzene rings is 1. The van der Waals surface area contributed by atoms with Gasteiger partial charge in [-0.15, -0.1) is 11.8 Å². The second kappa shape index (κ2) is 6.76. The molecule has 1 saturated carbocycles. The fourth-order valence-corrected chi connectivity index (χ4v) is 3.62. The highest BCUT2D eigenvalue weighted by molar-refractivity contribution is 7.98. The SMILES string of the molecule is CSc1ccccc1C(=O)NC(c1cnn(C)c1)C1CC(O)C1. The molecule has 1 amide bonds. The van der Waals surface area contributed by atoms with Crippen molar-refractivity contribution in [2.24, 2.45) is 13.0 Å². The Morgan fingerprint density at radius 3 is 2.78 bits per heavy atom. The Hall–Kier alpha value is -1.79. The van der Waals surface area contributed by atoms with Crippen LogP contribution in [0.1, 0.15) is 34.8 Å². The molecule has 1 aromatic heterocycles. The first-order valence-corrected chi connectivity index (χ1v) is 8.91. The van der Waals surface area contributed by atoms with E-state index in [1.807, 2.05) is 43.8 Å². The average Bonchev–Trinajstić information content (AvgIpc) is 2.96. The van der Waals surface area contributed by atoms with Gasteiger partial charge in [-0.25, -0.2) is 0 Å². The molecular formula is C17H21N3O2S. The van der Waals surface area contributed by atoms with Gasteiger partial charge in [0.05, 0.1) is 23.9 Å². The number of aliphatic hydroxyl groups is 1. The first-order valence-electron chi connectivity index (χ1n) is 7.69. The number of carbonyl (C=O) groups is 1. The van der Waals surface area contributed by atoms with Crippen molar-refractivity contribution in [2.75, 3.05) is 6.26 Å². The van der Waals surface area contributed by atoms with Crippen molar-refractivity contribution >= 4 is 17.7 Å². The van der Waals surface area contributed by atoms with E-state index in [1.165, 1.54) is 0 Å². The van der Waals surface area contributed by atoms with E-state index in [9.17, 15) is 9.90 Å². The molecule has 5 nitrogen and oxygen atoms in total. The third kappa shape index (κ3) is 3.43. The summed E-state index contributed by atoms with van der Waals surface area (Å²) in [5.74, 6) is 0.171. The summed E-state index contributed by atoms with van der Waals surface area (Å²) in [5, 5.41) is 17.0. The van der Waals surface area contributed by atoms with Crippen LogP contribution in [0.15, 0.2) is 41.6 Å². The molecule has 1 heterocycles. The van der Waals surface area contributed by atoms with Gasteiger partial charge in [-0.1, -0.05) is 12.1 Å². The fourth-order valence-electron chi connectivity index (χ4n) is 3.03. The van der Waals surface area contributed by atoms with E-state index >= 15 is 0 Å². The fraction of sp³-hybridized carbons (Fsp3) is 0.412. The van der Waals surface area contributed by atoms with E-state index in [1.54, 1.807) is 22.6 Å². The van der Waals surface area contributed by atoms with E-state index in [2.05, 4.69) is 10.4 Å². The molecule has 6 heteroatoms. The number of carbonyl (C=O) groups excluding carboxylic acids is 1. The number of nitrogens with zero attached hydrogens (tertiary/aromatic N) is 2. The number of hydrogen-bond donors (Lipinski definition) is 2. The van der Waals surface area contributed by atoms with Crippen molar-refractivity contribution in [3.63, 3.8) is 0 Å².